The van der Waals surface area contributed by atoms with Crippen molar-refractivity contribution in [1.29, 1.82) is 0 Å². The van der Waals surface area contributed by atoms with Crippen molar-refractivity contribution in [3.8, 4) is 0 Å². The zero-order valence-corrected chi connectivity index (χ0v) is 11.8. The summed E-state index contributed by atoms with van der Waals surface area (Å²) in [4.78, 5) is 0. The van der Waals surface area contributed by atoms with E-state index in [2.05, 4.69) is 44.8 Å². The van der Waals surface area contributed by atoms with E-state index < -0.39 is 0 Å². The number of hydrogen-bond donors (Lipinski definition) is 0. The highest BCUT2D eigenvalue weighted by atomic mass is 79.9. The van der Waals surface area contributed by atoms with Crippen molar-refractivity contribution in [1.82, 2.24) is 0 Å². The summed E-state index contributed by atoms with van der Waals surface area (Å²) in [5.74, 6) is 0. The number of aryl methyl sites for hydroxylation is 1. The SMILES string of the molecule is CCCCCCc1cc(Br)sc1Br.[2HH]. The Morgan fingerprint density at radius 2 is 2.08 bits per heavy atom. The highest BCUT2D eigenvalue weighted by molar-refractivity contribution is 9.12. The number of unbranched alkanes of at least 4 members (excludes halogenated alkanes) is 3. The van der Waals surface area contributed by atoms with Crippen LogP contribution in [0.3, 0.4) is 0 Å². The summed E-state index contributed by atoms with van der Waals surface area (Å²) in [6, 6.07) is 2.22. The van der Waals surface area contributed by atoms with E-state index in [0.717, 1.165) is 0 Å². The Morgan fingerprint density at radius 1 is 1.31 bits per heavy atom. The molecule has 3 heteroatoms. The fourth-order valence-corrected chi connectivity index (χ4v) is 4.20. The maximum atomic E-state index is 3.57. The Bertz CT molecular complexity index is 261. The van der Waals surface area contributed by atoms with Crippen LogP contribution in [-0.2, 0) is 6.42 Å². The van der Waals surface area contributed by atoms with Crippen molar-refractivity contribution >= 4 is 43.2 Å². The lowest BCUT2D eigenvalue weighted by Gasteiger charge is -1.98. The van der Waals surface area contributed by atoms with Gasteiger partial charge in [0.05, 0.1) is 7.57 Å². The molecule has 0 saturated heterocycles. The van der Waals surface area contributed by atoms with Crippen LogP contribution in [0, 0.1) is 0 Å². The number of hydrogen-bond acceptors (Lipinski definition) is 1. The van der Waals surface area contributed by atoms with Gasteiger partial charge in [0.25, 0.3) is 0 Å². The molecule has 0 bridgehead atoms. The van der Waals surface area contributed by atoms with Crippen LogP contribution in [0.4, 0.5) is 0 Å². The molecule has 1 rings (SSSR count). The van der Waals surface area contributed by atoms with Crippen LogP contribution in [0.15, 0.2) is 13.6 Å². The molecular weight excluding hydrogens is 312 g/mol. The average molecular weight is 329 g/mol. The summed E-state index contributed by atoms with van der Waals surface area (Å²) in [7, 11) is 0. The predicted octanol–water partition coefficient (Wildman–Crippen LogP) is 5.64. The van der Waals surface area contributed by atoms with E-state index in [9.17, 15) is 0 Å². The largest absolute Gasteiger partial charge is 0.121 e. The van der Waals surface area contributed by atoms with Gasteiger partial charge in [-0.3, -0.25) is 0 Å². The van der Waals surface area contributed by atoms with Crippen LogP contribution in [0.5, 0.6) is 0 Å². The second kappa shape index (κ2) is 6.20. The minimum absolute atomic E-state index is 0. The molecule has 0 radical (unpaired) electrons. The third-order valence-electron chi connectivity index (χ3n) is 2.03. The van der Waals surface area contributed by atoms with E-state index in [4.69, 9.17) is 0 Å². The summed E-state index contributed by atoms with van der Waals surface area (Å²) in [6.07, 6.45) is 6.56. The fraction of sp³-hybridized carbons (Fsp3) is 0.600. The Labute approximate surface area is 102 Å². The van der Waals surface area contributed by atoms with Crippen LogP contribution >= 0.6 is 43.2 Å². The topological polar surface area (TPSA) is 0 Å². The third-order valence-corrected chi connectivity index (χ3v) is 4.49. The third kappa shape index (κ3) is 4.13. The summed E-state index contributed by atoms with van der Waals surface area (Å²) in [5.41, 5.74) is 1.45. The van der Waals surface area contributed by atoms with Gasteiger partial charge in [-0.2, -0.15) is 0 Å². The number of rotatable bonds is 5. The van der Waals surface area contributed by atoms with Gasteiger partial charge < -0.3 is 0 Å². The van der Waals surface area contributed by atoms with Gasteiger partial charge in [-0.15, -0.1) is 11.3 Å². The van der Waals surface area contributed by atoms with E-state index in [-0.39, 0.29) is 1.43 Å². The summed E-state index contributed by atoms with van der Waals surface area (Å²) >= 11 is 8.84. The lowest BCUT2D eigenvalue weighted by molar-refractivity contribution is 0.667. The summed E-state index contributed by atoms with van der Waals surface area (Å²) < 4.78 is 2.51. The second-order valence-electron chi connectivity index (χ2n) is 3.16. The zero-order valence-electron chi connectivity index (χ0n) is 7.78. The first kappa shape index (κ1) is 11.7. The monoisotopic (exact) mass is 327 g/mol. The molecule has 0 aliphatic rings. The molecule has 0 fully saturated rings. The molecule has 0 aliphatic heterocycles. The van der Waals surface area contributed by atoms with E-state index in [1.54, 1.807) is 11.3 Å². The smallest absolute Gasteiger partial charge is 0.0742 e. The van der Waals surface area contributed by atoms with Crippen molar-refractivity contribution in [3.05, 3.63) is 19.2 Å². The van der Waals surface area contributed by atoms with Crippen LogP contribution < -0.4 is 0 Å². The van der Waals surface area contributed by atoms with E-state index >= 15 is 0 Å². The molecule has 76 valence electrons. The van der Waals surface area contributed by atoms with E-state index in [1.807, 2.05) is 0 Å². The molecule has 0 saturated carbocycles. The van der Waals surface area contributed by atoms with Gasteiger partial charge in [-0.25, -0.2) is 0 Å². The Morgan fingerprint density at radius 3 is 2.62 bits per heavy atom. The van der Waals surface area contributed by atoms with Gasteiger partial charge in [-0.05, 0) is 56.3 Å². The molecule has 1 aromatic rings. The molecule has 0 N–H and O–H groups in total. The van der Waals surface area contributed by atoms with E-state index in [1.165, 1.54) is 45.2 Å². The highest BCUT2D eigenvalue weighted by Gasteiger charge is 2.03. The van der Waals surface area contributed by atoms with Gasteiger partial charge in [0, 0.05) is 1.43 Å². The first-order valence-corrected chi connectivity index (χ1v) is 7.08. The lowest BCUT2D eigenvalue weighted by Crippen LogP contribution is -1.83. The minimum atomic E-state index is 0. The van der Waals surface area contributed by atoms with Crippen LogP contribution in [0.25, 0.3) is 0 Å². The molecular formula is C10H16Br2S. The molecule has 0 aromatic carbocycles. The second-order valence-corrected chi connectivity index (χ2v) is 6.91. The molecule has 0 aliphatic carbocycles. The quantitative estimate of drug-likeness (QED) is 0.613. The first-order chi connectivity index (χ1) is 6.24. The molecule has 1 heterocycles. The molecule has 13 heavy (non-hydrogen) atoms. The van der Waals surface area contributed by atoms with Gasteiger partial charge >= 0.3 is 0 Å². The number of halogens is 2. The van der Waals surface area contributed by atoms with Crippen molar-refractivity contribution < 1.29 is 1.43 Å². The predicted molar refractivity (Wildman–Crippen MR) is 69.7 cm³/mol. The summed E-state index contributed by atoms with van der Waals surface area (Å²) in [5, 5.41) is 0. The maximum Gasteiger partial charge on any atom is 0.0742 e. The fourth-order valence-electron chi connectivity index (χ4n) is 1.29. The van der Waals surface area contributed by atoms with Crippen molar-refractivity contribution in [2.45, 2.75) is 39.0 Å². The van der Waals surface area contributed by atoms with E-state index in [0.29, 0.717) is 0 Å². The highest BCUT2D eigenvalue weighted by Crippen LogP contribution is 2.32. The van der Waals surface area contributed by atoms with Crippen molar-refractivity contribution in [2.75, 3.05) is 0 Å². The first-order valence-electron chi connectivity index (χ1n) is 4.67. The van der Waals surface area contributed by atoms with Gasteiger partial charge in [-0.1, -0.05) is 26.2 Å². The standard InChI is InChI=1S/C10H14Br2S.H2/c1-2-3-4-5-6-8-7-9(11)13-10(8)12;/h7H,2-6H2,1H3;1H/i;1+1. The normalized spacial score (nSPS) is 10.7. The molecule has 0 amide bonds. The Balaban J connectivity index is 0.00000169. The molecule has 0 atom stereocenters. The average Bonchev–Trinajstić information content (AvgIpc) is 2.39. The zero-order chi connectivity index (χ0) is 9.68. The summed E-state index contributed by atoms with van der Waals surface area (Å²) in [6.45, 7) is 2.25. The minimum Gasteiger partial charge on any atom is -0.121 e. The van der Waals surface area contributed by atoms with Crippen LogP contribution in [-0.4, -0.2) is 0 Å². The maximum absolute atomic E-state index is 3.57. The number of thiophene rings is 1. The Hall–Kier alpha value is 0.660. The van der Waals surface area contributed by atoms with Crippen LogP contribution in [0.2, 0.25) is 0 Å². The molecule has 0 nitrogen and oxygen atoms in total. The van der Waals surface area contributed by atoms with Crippen LogP contribution in [0.1, 0.15) is 39.6 Å². The Kier molecular flexibility index (Phi) is 5.60. The molecule has 1 aromatic heterocycles. The lowest BCUT2D eigenvalue weighted by atomic mass is 10.1. The van der Waals surface area contributed by atoms with Gasteiger partial charge in [0.15, 0.2) is 0 Å². The molecule has 0 spiro atoms. The van der Waals surface area contributed by atoms with Gasteiger partial charge in [0.1, 0.15) is 0 Å². The van der Waals surface area contributed by atoms with Crippen molar-refractivity contribution in [3.63, 3.8) is 0 Å². The van der Waals surface area contributed by atoms with Crippen molar-refractivity contribution in [2.24, 2.45) is 0 Å². The van der Waals surface area contributed by atoms with Gasteiger partial charge in [0.2, 0.25) is 0 Å². The molecule has 0 unspecified atom stereocenters.